The third-order valence-corrected chi connectivity index (χ3v) is 5.19. The summed E-state index contributed by atoms with van der Waals surface area (Å²) in [6.45, 7) is 7.27. The van der Waals surface area contributed by atoms with Crippen LogP contribution in [-0.4, -0.2) is 40.3 Å². The lowest BCUT2D eigenvalue weighted by atomic mass is 10.1. The molecule has 0 radical (unpaired) electrons. The first-order chi connectivity index (χ1) is 12.6. The maximum absolute atomic E-state index is 4.93. The van der Waals surface area contributed by atoms with Crippen LogP contribution in [0.4, 0.5) is 5.69 Å². The monoisotopic (exact) mass is 353 g/mol. The van der Waals surface area contributed by atoms with Gasteiger partial charge in [-0.2, -0.15) is 5.10 Å². The molecule has 1 N–H and O–H groups in total. The minimum Gasteiger partial charge on any atom is -0.343 e. The molecule has 1 fully saturated rings. The average Bonchev–Trinajstić information content (AvgIpc) is 2.91. The van der Waals surface area contributed by atoms with Crippen LogP contribution in [0, 0.1) is 13.8 Å². The fraction of sp³-hybridized carbons (Fsp3) is 0.524. The Balaban J connectivity index is 1.63. The van der Waals surface area contributed by atoms with Crippen LogP contribution in [0.3, 0.4) is 0 Å². The molecule has 2 heterocycles. The summed E-state index contributed by atoms with van der Waals surface area (Å²) < 4.78 is 1.98. The summed E-state index contributed by atoms with van der Waals surface area (Å²) in [6.07, 6.45) is 5.91. The van der Waals surface area contributed by atoms with Crippen LogP contribution in [0.1, 0.15) is 42.6 Å². The van der Waals surface area contributed by atoms with Gasteiger partial charge in [0.1, 0.15) is 0 Å². The van der Waals surface area contributed by atoms with Crippen LogP contribution in [0.25, 0.3) is 0 Å². The molecule has 0 bridgehead atoms. The summed E-state index contributed by atoms with van der Waals surface area (Å²) >= 11 is 0. The molecule has 0 atom stereocenters. The molecular formula is C21H31N5. The van der Waals surface area contributed by atoms with Crippen molar-refractivity contribution in [3.05, 3.63) is 47.3 Å². The van der Waals surface area contributed by atoms with Crippen LogP contribution < -0.4 is 5.32 Å². The van der Waals surface area contributed by atoms with Gasteiger partial charge in [0.25, 0.3) is 0 Å². The molecule has 1 aliphatic rings. The molecule has 5 heteroatoms. The van der Waals surface area contributed by atoms with E-state index in [1.165, 1.54) is 30.5 Å². The zero-order valence-corrected chi connectivity index (χ0v) is 16.3. The summed E-state index contributed by atoms with van der Waals surface area (Å²) in [5.74, 6) is 1.02. The predicted octanol–water partition coefficient (Wildman–Crippen LogP) is 3.92. The van der Waals surface area contributed by atoms with E-state index < -0.39 is 0 Å². The molecule has 0 spiro atoms. The number of aliphatic imine (C=N–C) groups is 1. The summed E-state index contributed by atoms with van der Waals surface area (Å²) in [4.78, 5) is 7.33. The van der Waals surface area contributed by atoms with E-state index in [4.69, 9.17) is 4.99 Å². The van der Waals surface area contributed by atoms with E-state index in [1.807, 2.05) is 17.8 Å². The van der Waals surface area contributed by atoms with Crippen molar-refractivity contribution in [2.75, 3.05) is 25.0 Å². The highest BCUT2D eigenvalue weighted by Crippen LogP contribution is 2.15. The molecule has 1 aromatic heterocycles. The molecule has 1 aromatic carbocycles. The highest BCUT2D eigenvalue weighted by molar-refractivity contribution is 5.93. The number of likely N-dealkylation sites (tertiary alicyclic amines) is 1. The molecule has 0 aliphatic carbocycles. The summed E-state index contributed by atoms with van der Waals surface area (Å²) in [5, 5.41) is 8.05. The topological polar surface area (TPSA) is 45.5 Å². The fourth-order valence-corrected chi connectivity index (χ4v) is 3.59. The van der Waals surface area contributed by atoms with Gasteiger partial charge in [-0.05, 0) is 63.6 Å². The van der Waals surface area contributed by atoms with Crippen molar-refractivity contribution in [3.8, 4) is 0 Å². The number of aryl methyl sites for hydroxylation is 2. The number of piperidine rings is 1. The van der Waals surface area contributed by atoms with E-state index in [-0.39, 0.29) is 0 Å². The number of benzene rings is 1. The van der Waals surface area contributed by atoms with Crippen molar-refractivity contribution in [2.24, 2.45) is 12.0 Å². The van der Waals surface area contributed by atoms with E-state index in [1.54, 1.807) is 0 Å². The van der Waals surface area contributed by atoms with E-state index in [0.29, 0.717) is 0 Å². The number of rotatable bonds is 5. The summed E-state index contributed by atoms with van der Waals surface area (Å²) in [5.41, 5.74) is 4.90. The minimum absolute atomic E-state index is 0.833. The first-order valence-corrected chi connectivity index (χ1v) is 9.75. The van der Waals surface area contributed by atoms with E-state index in [9.17, 15) is 0 Å². The van der Waals surface area contributed by atoms with E-state index in [0.717, 1.165) is 49.8 Å². The molecule has 1 aliphatic heterocycles. The number of guanidine groups is 1. The lowest BCUT2D eigenvalue weighted by molar-refractivity contribution is 0.340. The third kappa shape index (κ3) is 4.65. The highest BCUT2D eigenvalue weighted by atomic mass is 15.3. The van der Waals surface area contributed by atoms with Crippen LogP contribution in [0.15, 0.2) is 35.3 Å². The van der Waals surface area contributed by atoms with Gasteiger partial charge in [-0.3, -0.25) is 9.67 Å². The molecule has 1 saturated heterocycles. The quantitative estimate of drug-likeness (QED) is 0.503. The Labute approximate surface area is 157 Å². The van der Waals surface area contributed by atoms with Gasteiger partial charge in [-0.1, -0.05) is 18.2 Å². The van der Waals surface area contributed by atoms with Gasteiger partial charge < -0.3 is 10.2 Å². The second-order valence-electron chi connectivity index (χ2n) is 7.12. The number of anilines is 1. The lowest BCUT2D eigenvalue weighted by Crippen LogP contribution is -2.40. The van der Waals surface area contributed by atoms with Crippen LogP contribution in [-0.2, 0) is 13.5 Å². The first-order valence-electron chi connectivity index (χ1n) is 9.75. The maximum atomic E-state index is 4.93. The number of hydrogen-bond acceptors (Lipinski definition) is 2. The van der Waals surface area contributed by atoms with E-state index in [2.05, 4.69) is 53.4 Å². The van der Waals surface area contributed by atoms with Crippen molar-refractivity contribution in [1.29, 1.82) is 0 Å². The first kappa shape index (κ1) is 18.5. The Morgan fingerprint density at radius 2 is 1.85 bits per heavy atom. The predicted molar refractivity (Wildman–Crippen MR) is 109 cm³/mol. The van der Waals surface area contributed by atoms with Gasteiger partial charge in [0.2, 0.25) is 0 Å². The Bertz CT molecular complexity index is 726. The summed E-state index contributed by atoms with van der Waals surface area (Å²) in [7, 11) is 2.02. The number of nitrogens with zero attached hydrogens (tertiary/aromatic N) is 4. The average molecular weight is 354 g/mol. The zero-order valence-electron chi connectivity index (χ0n) is 16.3. The molecule has 0 saturated carbocycles. The Morgan fingerprint density at radius 1 is 1.12 bits per heavy atom. The van der Waals surface area contributed by atoms with Crippen LogP contribution >= 0.6 is 0 Å². The summed E-state index contributed by atoms with van der Waals surface area (Å²) in [6, 6.07) is 10.4. The zero-order chi connectivity index (χ0) is 18.4. The van der Waals surface area contributed by atoms with Gasteiger partial charge in [-0.15, -0.1) is 0 Å². The van der Waals surface area contributed by atoms with Crippen molar-refractivity contribution in [2.45, 2.75) is 46.0 Å². The van der Waals surface area contributed by atoms with Crippen molar-refractivity contribution < 1.29 is 0 Å². The maximum Gasteiger partial charge on any atom is 0.198 e. The largest absolute Gasteiger partial charge is 0.343 e. The number of nitrogens with one attached hydrogen (secondary N) is 1. The van der Waals surface area contributed by atoms with Crippen molar-refractivity contribution in [1.82, 2.24) is 14.7 Å². The molecule has 26 heavy (non-hydrogen) atoms. The third-order valence-electron chi connectivity index (χ3n) is 5.19. The van der Waals surface area contributed by atoms with E-state index >= 15 is 0 Å². The SMILES string of the molecule is Cc1nn(C)c(C)c1CCCN=C(Nc1ccccc1)N1CCCCC1. The second-order valence-corrected chi connectivity index (χ2v) is 7.12. The lowest BCUT2D eigenvalue weighted by Gasteiger charge is -2.30. The molecule has 140 valence electrons. The van der Waals surface area contributed by atoms with Crippen molar-refractivity contribution in [3.63, 3.8) is 0 Å². The van der Waals surface area contributed by atoms with Gasteiger partial charge in [-0.25, -0.2) is 0 Å². The van der Waals surface area contributed by atoms with Gasteiger partial charge in [0.05, 0.1) is 5.69 Å². The highest BCUT2D eigenvalue weighted by Gasteiger charge is 2.15. The minimum atomic E-state index is 0.833. The Hall–Kier alpha value is -2.30. The normalized spacial score (nSPS) is 15.3. The number of aromatic nitrogens is 2. The smallest absolute Gasteiger partial charge is 0.198 e. The molecule has 0 amide bonds. The van der Waals surface area contributed by atoms with Crippen molar-refractivity contribution >= 4 is 11.6 Å². The molecule has 0 unspecified atom stereocenters. The standard InChI is InChI=1S/C21H31N5/c1-17-20(18(2)25(3)24-17)13-10-14-22-21(26-15-8-5-9-16-26)23-19-11-6-4-7-12-19/h4,6-7,11-12H,5,8-10,13-16H2,1-3H3,(H,22,23). The molecule has 5 nitrogen and oxygen atoms in total. The molecule has 3 rings (SSSR count). The molecule has 2 aromatic rings. The number of para-hydroxylation sites is 1. The van der Waals surface area contributed by atoms with Gasteiger partial charge in [0, 0.05) is 38.1 Å². The van der Waals surface area contributed by atoms with Crippen LogP contribution in [0.2, 0.25) is 0 Å². The fourth-order valence-electron chi connectivity index (χ4n) is 3.59. The van der Waals surface area contributed by atoms with Gasteiger partial charge >= 0.3 is 0 Å². The number of hydrogen-bond donors (Lipinski definition) is 1. The Kier molecular flexibility index (Phi) is 6.31. The molecular weight excluding hydrogens is 322 g/mol. The van der Waals surface area contributed by atoms with Gasteiger partial charge in [0.15, 0.2) is 5.96 Å². The Morgan fingerprint density at radius 3 is 2.50 bits per heavy atom. The van der Waals surface area contributed by atoms with Crippen LogP contribution in [0.5, 0.6) is 0 Å². The second kappa shape index (κ2) is 8.88.